The Morgan fingerprint density at radius 1 is 1.11 bits per heavy atom. The Kier molecular flexibility index (Phi) is 7.64. The van der Waals surface area contributed by atoms with E-state index in [1.807, 2.05) is 58.9 Å². The molecule has 1 aliphatic heterocycles. The van der Waals surface area contributed by atoms with Crippen LogP contribution in [0.3, 0.4) is 0 Å². The van der Waals surface area contributed by atoms with Crippen LogP contribution in [0.2, 0.25) is 5.15 Å². The van der Waals surface area contributed by atoms with Crippen LogP contribution in [-0.2, 0) is 11.3 Å². The summed E-state index contributed by atoms with van der Waals surface area (Å²) in [5.41, 5.74) is 1.16. The lowest BCUT2D eigenvalue weighted by Crippen LogP contribution is -2.60. The maximum atomic E-state index is 13.4. The van der Waals surface area contributed by atoms with Gasteiger partial charge >= 0.3 is 11.8 Å². The van der Waals surface area contributed by atoms with Crippen LogP contribution >= 0.6 is 11.6 Å². The SMILES string of the molecule is CC[C@H]1CN(c2nc(=O)n(Cc3ccc(OC)cc3)c3ccc(Cl)nc23)C(C)CN1C(=O)OC(C)(C)C. The van der Waals surface area contributed by atoms with Gasteiger partial charge in [0, 0.05) is 19.1 Å². The lowest BCUT2D eigenvalue weighted by atomic mass is 10.1. The molecule has 3 aromatic rings. The van der Waals surface area contributed by atoms with Gasteiger partial charge in [-0.2, -0.15) is 4.98 Å². The number of amides is 1. The van der Waals surface area contributed by atoms with E-state index in [0.717, 1.165) is 17.7 Å². The molecular formula is C27H34ClN5O4. The van der Waals surface area contributed by atoms with Crippen LogP contribution in [-0.4, -0.2) is 63.4 Å². The Labute approximate surface area is 222 Å². The van der Waals surface area contributed by atoms with E-state index in [2.05, 4.69) is 14.9 Å². The van der Waals surface area contributed by atoms with Crippen molar-refractivity contribution in [1.29, 1.82) is 0 Å². The molecule has 0 N–H and O–H groups in total. The number of carbonyl (C=O) groups is 1. The molecule has 1 saturated heterocycles. The molecule has 1 aromatic carbocycles. The molecule has 3 heterocycles. The van der Waals surface area contributed by atoms with Crippen molar-refractivity contribution in [3.05, 3.63) is 57.6 Å². The molecule has 10 heteroatoms. The second kappa shape index (κ2) is 10.6. The number of anilines is 1. The van der Waals surface area contributed by atoms with Gasteiger partial charge < -0.3 is 19.3 Å². The van der Waals surface area contributed by atoms with E-state index in [-0.39, 0.29) is 23.9 Å². The molecule has 0 aliphatic carbocycles. The average Bonchev–Trinajstić information content (AvgIpc) is 2.85. The first-order valence-corrected chi connectivity index (χ1v) is 12.8. The lowest BCUT2D eigenvalue weighted by molar-refractivity contribution is 0.0106. The van der Waals surface area contributed by atoms with Crippen LogP contribution in [0, 0.1) is 0 Å². The largest absolute Gasteiger partial charge is 0.497 e. The number of hydrogen-bond acceptors (Lipinski definition) is 7. The third kappa shape index (κ3) is 5.82. The molecule has 2 atom stereocenters. The highest BCUT2D eigenvalue weighted by Crippen LogP contribution is 2.30. The molecule has 1 amide bonds. The Morgan fingerprint density at radius 3 is 2.43 bits per heavy atom. The summed E-state index contributed by atoms with van der Waals surface area (Å²) in [7, 11) is 1.61. The predicted octanol–water partition coefficient (Wildman–Crippen LogP) is 4.73. The fourth-order valence-corrected chi connectivity index (χ4v) is 4.76. The molecular weight excluding hydrogens is 494 g/mol. The van der Waals surface area contributed by atoms with E-state index >= 15 is 0 Å². The molecule has 0 saturated carbocycles. The first-order chi connectivity index (χ1) is 17.5. The maximum Gasteiger partial charge on any atom is 0.410 e. The van der Waals surface area contributed by atoms with Gasteiger partial charge in [0.1, 0.15) is 22.0 Å². The van der Waals surface area contributed by atoms with Crippen molar-refractivity contribution >= 4 is 34.5 Å². The van der Waals surface area contributed by atoms with Gasteiger partial charge in [-0.15, -0.1) is 0 Å². The Bertz CT molecular complexity index is 1340. The topological polar surface area (TPSA) is 89.8 Å². The number of carbonyl (C=O) groups excluding carboxylic acids is 1. The minimum absolute atomic E-state index is 0.108. The second-order valence-corrected chi connectivity index (χ2v) is 10.7. The van der Waals surface area contributed by atoms with E-state index < -0.39 is 5.60 Å². The quantitative estimate of drug-likeness (QED) is 0.443. The Balaban J connectivity index is 1.72. The molecule has 198 valence electrons. The highest BCUT2D eigenvalue weighted by atomic mass is 35.5. The fraction of sp³-hybridized carbons (Fsp3) is 0.481. The monoisotopic (exact) mass is 527 g/mol. The first kappa shape index (κ1) is 26.7. The molecule has 4 rings (SSSR count). The summed E-state index contributed by atoms with van der Waals surface area (Å²) in [6, 6.07) is 10.8. The molecule has 1 aliphatic rings. The van der Waals surface area contributed by atoms with Crippen molar-refractivity contribution in [2.45, 2.75) is 65.3 Å². The van der Waals surface area contributed by atoms with Crippen LogP contribution in [0.25, 0.3) is 11.0 Å². The van der Waals surface area contributed by atoms with Crippen LogP contribution in [0.1, 0.15) is 46.6 Å². The number of aromatic nitrogens is 3. The summed E-state index contributed by atoms with van der Waals surface area (Å²) < 4.78 is 12.5. The number of fused-ring (bicyclic) bond motifs is 1. The van der Waals surface area contributed by atoms with E-state index in [1.54, 1.807) is 28.7 Å². The number of benzene rings is 1. The minimum Gasteiger partial charge on any atom is -0.497 e. The average molecular weight is 528 g/mol. The maximum absolute atomic E-state index is 13.4. The van der Waals surface area contributed by atoms with E-state index in [0.29, 0.717) is 41.6 Å². The van der Waals surface area contributed by atoms with E-state index in [4.69, 9.17) is 21.1 Å². The summed E-state index contributed by atoms with van der Waals surface area (Å²) in [5, 5.41) is 0.317. The minimum atomic E-state index is -0.581. The third-order valence-corrected chi connectivity index (χ3v) is 6.70. The summed E-state index contributed by atoms with van der Waals surface area (Å²) in [5.74, 6) is 1.22. The van der Waals surface area contributed by atoms with Crippen LogP contribution in [0.15, 0.2) is 41.2 Å². The van der Waals surface area contributed by atoms with Gasteiger partial charge in [0.15, 0.2) is 5.82 Å². The number of ether oxygens (including phenoxy) is 2. The van der Waals surface area contributed by atoms with Gasteiger partial charge in [-0.1, -0.05) is 30.7 Å². The van der Waals surface area contributed by atoms with Crippen molar-refractivity contribution in [3.63, 3.8) is 0 Å². The lowest BCUT2D eigenvalue weighted by Gasteiger charge is -2.45. The first-order valence-electron chi connectivity index (χ1n) is 12.5. The highest BCUT2D eigenvalue weighted by Gasteiger charge is 2.37. The zero-order valence-electron chi connectivity index (χ0n) is 22.2. The molecule has 0 spiro atoms. The van der Waals surface area contributed by atoms with Crippen molar-refractivity contribution in [2.24, 2.45) is 0 Å². The van der Waals surface area contributed by atoms with Gasteiger partial charge in [-0.3, -0.25) is 4.57 Å². The molecule has 0 radical (unpaired) electrons. The van der Waals surface area contributed by atoms with E-state index in [9.17, 15) is 9.59 Å². The number of halogens is 1. The number of piperazine rings is 1. The molecule has 9 nitrogen and oxygen atoms in total. The van der Waals surface area contributed by atoms with Crippen LogP contribution in [0.4, 0.5) is 10.6 Å². The third-order valence-electron chi connectivity index (χ3n) is 6.49. The van der Waals surface area contributed by atoms with Gasteiger partial charge in [0.05, 0.1) is 25.2 Å². The standard InChI is InChI=1S/C27H34ClN5O4/c1-7-19-16-31(17(2)14-32(19)26(35)37-27(3,4)5)24-23-21(12-13-22(28)29-23)33(25(34)30-24)15-18-8-10-20(36-6)11-9-18/h8-13,17,19H,7,14-16H2,1-6H3/t17?,19-/m0/s1. The summed E-state index contributed by atoms with van der Waals surface area (Å²) >= 11 is 6.31. The molecule has 0 bridgehead atoms. The highest BCUT2D eigenvalue weighted by molar-refractivity contribution is 6.29. The number of nitrogens with zero attached hydrogens (tertiary/aromatic N) is 5. The Hall–Kier alpha value is -3.33. The number of methoxy groups -OCH3 is 1. The fourth-order valence-electron chi connectivity index (χ4n) is 4.61. The zero-order chi connectivity index (χ0) is 26.9. The number of hydrogen-bond donors (Lipinski definition) is 0. The summed E-state index contributed by atoms with van der Waals surface area (Å²) in [4.78, 5) is 39.2. The Morgan fingerprint density at radius 2 is 1.81 bits per heavy atom. The van der Waals surface area contributed by atoms with Gasteiger partial charge in [0.2, 0.25) is 0 Å². The molecule has 1 fully saturated rings. The normalized spacial score (nSPS) is 18.2. The second-order valence-electron chi connectivity index (χ2n) is 10.4. The van der Waals surface area contributed by atoms with E-state index in [1.165, 1.54) is 0 Å². The van der Waals surface area contributed by atoms with Gasteiger partial charge in [-0.25, -0.2) is 14.6 Å². The van der Waals surface area contributed by atoms with Crippen molar-refractivity contribution in [3.8, 4) is 5.75 Å². The molecule has 37 heavy (non-hydrogen) atoms. The molecule has 2 aromatic heterocycles. The smallest absolute Gasteiger partial charge is 0.410 e. The zero-order valence-corrected chi connectivity index (χ0v) is 23.0. The number of rotatable bonds is 5. The van der Waals surface area contributed by atoms with Crippen molar-refractivity contribution in [2.75, 3.05) is 25.1 Å². The summed E-state index contributed by atoms with van der Waals surface area (Å²) in [6.45, 7) is 10.9. The van der Waals surface area contributed by atoms with Gasteiger partial charge in [-0.05, 0) is 63.9 Å². The predicted molar refractivity (Wildman–Crippen MR) is 145 cm³/mol. The van der Waals surface area contributed by atoms with Crippen molar-refractivity contribution in [1.82, 2.24) is 19.4 Å². The number of pyridine rings is 1. The van der Waals surface area contributed by atoms with Crippen LogP contribution < -0.4 is 15.3 Å². The summed E-state index contributed by atoms with van der Waals surface area (Å²) in [6.07, 6.45) is 0.392. The van der Waals surface area contributed by atoms with Crippen LogP contribution in [0.5, 0.6) is 5.75 Å². The van der Waals surface area contributed by atoms with Crippen molar-refractivity contribution < 1.29 is 14.3 Å². The molecule has 1 unspecified atom stereocenters. The van der Waals surface area contributed by atoms with Gasteiger partial charge in [0.25, 0.3) is 0 Å².